The highest BCUT2D eigenvalue weighted by Gasteiger charge is 2.37. The van der Waals surface area contributed by atoms with Gasteiger partial charge in [-0.1, -0.05) is 42.3 Å². The van der Waals surface area contributed by atoms with Crippen LogP contribution in [0.25, 0.3) is 5.57 Å². The van der Waals surface area contributed by atoms with Crippen LogP contribution >= 0.6 is 0 Å². The van der Waals surface area contributed by atoms with E-state index in [-0.39, 0.29) is 12.3 Å². The Morgan fingerprint density at radius 1 is 1.19 bits per heavy atom. The molecule has 4 rings (SSSR count). The summed E-state index contributed by atoms with van der Waals surface area (Å²) in [6, 6.07) is 16.0. The highest BCUT2D eigenvalue weighted by Crippen LogP contribution is 2.38. The minimum absolute atomic E-state index is 0.0109. The number of hydrogen-bond acceptors (Lipinski definition) is 4. The number of aliphatic carboxylic acids is 1. The molecular weight excluding hydrogens is 404 g/mol. The number of carbonyl (C=O) groups is 1. The molecule has 0 radical (unpaired) electrons. The first-order valence-electron chi connectivity index (χ1n) is 11.0. The number of allylic oxidation sites excluding steroid dienone is 1. The summed E-state index contributed by atoms with van der Waals surface area (Å²) in [6.45, 7) is 3.55. The molecule has 0 aromatic heterocycles. The summed E-state index contributed by atoms with van der Waals surface area (Å²) in [4.78, 5) is 11.1. The largest absolute Gasteiger partial charge is 0.489 e. The molecule has 1 heterocycles. The Kier molecular flexibility index (Phi) is 6.94. The molecule has 1 aliphatic carbocycles. The van der Waals surface area contributed by atoms with Crippen LogP contribution in [0.4, 0.5) is 0 Å². The second kappa shape index (κ2) is 10.0. The van der Waals surface area contributed by atoms with Crippen molar-refractivity contribution in [3.05, 3.63) is 71.3 Å². The highest BCUT2D eigenvalue weighted by atomic mass is 16.7. The first-order valence-corrected chi connectivity index (χ1v) is 11.0. The molecule has 1 N–H and O–H groups in total. The summed E-state index contributed by atoms with van der Waals surface area (Å²) in [5.74, 6) is 4.96. The Bertz CT molecular complexity index is 1040. The lowest BCUT2D eigenvalue weighted by Gasteiger charge is -2.30. The third-order valence-electron chi connectivity index (χ3n) is 5.93. The predicted molar refractivity (Wildman–Crippen MR) is 122 cm³/mol. The zero-order valence-electron chi connectivity index (χ0n) is 18.3. The average molecular weight is 433 g/mol. The molecule has 1 atom stereocenters. The quantitative estimate of drug-likeness (QED) is 0.613. The standard InChI is InChI=1S/C27H28O5/c1-2-4-23(18-26(28)29)21-7-9-25(10-8-21)30-19-20-5-3-6-24(17-20)22-11-13-27(14-12-22)31-15-16-32-27/h3,5-11,17,23H,12-16,18-19H2,1H3,(H,28,29)/t23-/m0/s1. The van der Waals surface area contributed by atoms with E-state index in [9.17, 15) is 4.79 Å². The second-order valence-corrected chi connectivity index (χ2v) is 8.14. The van der Waals surface area contributed by atoms with Crippen molar-refractivity contribution in [3.63, 3.8) is 0 Å². The molecule has 2 aromatic carbocycles. The van der Waals surface area contributed by atoms with Gasteiger partial charge in [0, 0.05) is 12.8 Å². The summed E-state index contributed by atoms with van der Waals surface area (Å²) in [6.07, 6.45) is 4.84. The van der Waals surface area contributed by atoms with Crippen LogP contribution in [0, 0.1) is 11.8 Å². The monoisotopic (exact) mass is 432 g/mol. The molecule has 1 saturated heterocycles. The van der Waals surface area contributed by atoms with Crippen LogP contribution in [0.1, 0.15) is 55.2 Å². The Morgan fingerprint density at radius 2 is 1.97 bits per heavy atom. The zero-order chi connectivity index (χ0) is 22.4. The molecule has 2 aromatic rings. The number of carboxylic acids is 1. The van der Waals surface area contributed by atoms with Gasteiger partial charge in [0.1, 0.15) is 12.4 Å². The van der Waals surface area contributed by atoms with E-state index in [1.165, 1.54) is 11.1 Å². The Morgan fingerprint density at radius 3 is 2.62 bits per heavy atom. The van der Waals surface area contributed by atoms with Crippen molar-refractivity contribution in [3.8, 4) is 17.6 Å². The molecule has 5 heteroatoms. The van der Waals surface area contributed by atoms with Gasteiger partial charge in [0.25, 0.3) is 0 Å². The van der Waals surface area contributed by atoms with Crippen LogP contribution in [0.2, 0.25) is 0 Å². The van der Waals surface area contributed by atoms with Crippen molar-refractivity contribution in [2.24, 2.45) is 0 Å². The minimum Gasteiger partial charge on any atom is -0.489 e. The van der Waals surface area contributed by atoms with E-state index in [0.717, 1.165) is 36.1 Å². The molecular formula is C27H28O5. The maximum absolute atomic E-state index is 11.1. The lowest BCUT2D eigenvalue weighted by Crippen LogP contribution is -2.31. The van der Waals surface area contributed by atoms with Crippen molar-refractivity contribution >= 4 is 11.5 Å². The maximum atomic E-state index is 11.1. The lowest BCUT2D eigenvalue weighted by molar-refractivity contribution is -0.159. The second-order valence-electron chi connectivity index (χ2n) is 8.14. The number of rotatable bonds is 7. The van der Waals surface area contributed by atoms with E-state index in [1.807, 2.05) is 24.3 Å². The van der Waals surface area contributed by atoms with E-state index in [4.69, 9.17) is 19.3 Å². The fourth-order valence-corrected chi connectivity index (χ4v) is 4.25. The van der Waals surface area contributed by atoms with Crippen LogP contribution in [-0.2, 0) is 20.9 Å². The van der Waals surface area contributed by atoms with Crippen molar-refractivity contribution in [2.75, 3.05) is 13.2 Å². The van der Waals surface area contributed by atoms with Crippen molar-refractivity contribution in [2.45, 2.75) is 50.9 Å². The summed E-state index contributed by atoms with van der Waals surface area (Å²) >= 11 is 0. The van der Waals surface area contributed by atoms with Gasteiger partial charge in [0.15, 0.2) is 5.79 Å². The fourth-order valence-electron chi connectivity index (χ4n) is 4.25. The number of ether oxygens (including phenoxy) is 3. The van der Waals surface area contributed by atoms with Gasteiger partial charge in [0.05, 0.1) is 25.6 Å². The Balaban J connectivity index is 1.37. The van der Waals surface area contributed by atoms with Gasteiger partial charge in [-0.2, -0.15) is 0 Å². The van der Waals surface area contributed by atoms with Crippen molar-refractivity contribution in [1.82, 2.24) is 0 Å². The topological polar surface area (TPSA) is 65.0 Å². The molecule has 1 aliphatic heterocycles. The molecule has 166 valence electrons. The molecule has 32 heavy (non-hydrogen) atoms. The van der Waals surface area contributed by atoms with Crippen molar-refractivity contribution < 1.29 is 24.1 Å². The van der Waals surface area contributed by atoms with E-state index in [2.05, 4.69) is 42.2 Å². The molecule has 1 spiro atoms. The van der Waals surface area contributed by atoms with Gasteiger partial charge >= 0.3 is 5.97 Å². The fraction of sp³-hybridized carbons (Fsp3) is 0.370. The maximum Gasteiger partial charge on any atom is 0.304 e. The van der Waals surface area contributed by atoms with Crippen LogP contribution < -0.4 is 4.74 Å². The summed E-state index contributed by atoms with van der Waals surface area (Å²) in [5, 5.41) is 9.10. The Hall–Kier alpha value is -3.07. The van der Waals surface area contributed by atoms with Gasteiger partial charge in [-0.05, 0) is 53.8 Å². The third kappa shape index (κ3) is 5.40. The van der Waals surface area contributed by atoms with Crippen LogP contribution in [0.15, 0.2) is 54.6 Å². The molecule has 5 nitrogen and oxygen atoms in total. The normalized spacial score (nSPS) is 17.8. The highest BCUT2D eigenvalue weighted by molar-refractivity contribution is 5.69. The summed E-state index contributed by atoms with van der Waals surface area (Å²) in [5.41, 5.74) is 4.52. The van der Waals surface area contributed by atoms with Crippen molar-refractivity contribution in [1.29, 1.82) is 0 Å². The smallest absolute Gasteiger partial charge is 0.304 e. The average Bonchev–Trinajstić information content (AvgIpc) is 3.26. The zero-order valence-corrected chi connectivity index (χ0v) is 18.3. The first-order chi connectivity index (χ1) is 15.6. The number of benzene rings is 2. The lowest BCUT2D eigenvalue weighted by atomic mass is 9.89. The SMILES string of the molecule is CC#C[C@@H](CC(=O)O)c1ccc(OCc2cccc(C3=CCC4(CC3)OCCO4)c2)cc1. The molecule has 0 saturated carbocycles. The van der Waals surface area contributed by atoms with Crippen LogP contribution in [0.3, 0.4) is 0 Å². The summed E-state index contributed by atoms with van der Waals surface area (Å²) in [7, 11) is 0. The van der Waals surface area contributed by atoms with Crippen LogP contribution in [-0.4, -0.2) is 30.1 Å². The molecule has 0 bridgehead atoms. The first kappa shape index (κ1) is 22.1. The number of carboxylic acid groups (broad SMARTS) is 1. The summed E-state index contributed by atoms with van der Waals surface area (Å²) < 4.78 is 17.6. The van der Waals surface area contributed by atoms with E-state index in [1.54, 1.807) is 6.92 Å². The third-order valence-corrected chi connectivity index (χ3v) is 5.93. The minimum atomic E-state index is -0.857. The Labute approximate surface area is 189 Å². The van der Waals surface area contributed by atoms with E-state index < -0.39 is 11.8 Å². The van der Waals surface area contributed by atoms with E-state index >= 15 is 0 Å². The van der Waals surface area contributed by atoms with Gasteiger partial charge in [-0.3, -0.25) is 4.79 Å². The van der Waals surface area contributed by atoms with Gasteiger partial charge < -0.3 is 19.3 Å². The van der Waals surface area contributed by atoms with Crippen LogP contribution in [0.5, 0.6) is 5.75 Å². The van der Waals surface area contributed by atoms with Gasteiger partial charge in [-0.15, -0.1) is 5.92 Å². The molecule has 0 amide bonds. The van der Waals surface area contributed by atoms with E-state index in [0.29, 0.717) is 19.8 Å². The number of hydrogen-bond donors (Lipinski definition) is 1. The molecule has 1 fully saturated rings. The molecule has 2 aliphatic rings. The predicted octanol–water partition coefficient (Wildman–Crippen LogP) is 5.16. The van der Waals surface area contributed by atoms with Gasteiger partial charge in [-0.25, -0.2) is 0 Å². The van der Waals surface area contributed by atoms with Gasteiger partial charge in [0.2, 0.25) is 0 Å². The molecule has 0 unspecified atom stereocenters.